The number of unbranched alkanes of at least 4 members (excludes halogenated alkanes) is 7. The molecule has 0 saturated carbocycles. The summed E-state index contributed by atoms with van der Waals surface area (Å²) in [4.78, 5) is 0. The molecule has 150 valence electrons. The van der Waals surface area contributed by atoms with Crippen LogP contribution in [0.3, 0.4) is 0 Å². The van der Waals surface area contributed by atoms with Gasteiger partial charge in [0.05, 0.1) is 6.61 Å². The number of alkyl halides is 3. The van der Waals surface area contributed by atoms with Gasteiger partial charge in [-0.1, -0.05) is 94.1 Å². The van der Waals surface area contributed by atoms with E-state index < -0.39 is 12.1 Å². The smallest absolute Gasteiger partial charge is 0.265 e. The quantitative estimate of drug-likeness (QED) is 0.114. The Morgan fingerprint density at radius 2 is 1.20 bits per heavy atom. The third-order valence-corrected chi connectivity index (χ3v) is 9.86. The van der Waals surface area contributed by atoms with Gasteiger partial charge in [0.2, 0.25) is 5.90 Å². The molecule has 0 unspecified atom stereocenters. The van der Waals surface area contributed by atoms with Crippen LogP contribution in [0.5, 0.6) is 0 Å². The van der Waals surface area contributed by atoms with Gasteiger partial charge >= 0.3 is 0 Å². The van der Waals surface area contributed by atoms with Gasteiger partial charge in [0.15, 0.2) is 8.32 Å². The lowest BCUT2D eigenvalue weighted by Gasteiger charge is -2.36. The van der Waals surface area contributed by atoms with Crippen molar-refractivity contribution in [2.45, 2.75) is 94.1 Å². The van der Waals surface area contributed by atoms with Crippen LogP contribution < -0.4 is 0 Å². The zero-order valence-electron chi connectivity index (χ0n) is 16.5. The lowest BCUT2D eigenvalue weighted by atomic mass is 10.1. The molecular formula is C18H36Cl3NO2Si. The molecule has 0 aliphatic carbocycles. The number of hydrogen-bond donors (Lipinski definition) is 1. The highest BCUT2D eigenvalue weighted by atomic mass is 35.6. The van der Waals surface area contributed by atoms with E-state index in [0.717, 1.165) is 19.4 Å². The highest BCUT2D eigenvalue weighted by molar-refractivity contribution is 6.76. The van der Waals surface area contributed by atoms with Crippen molar-refractivity contribution in [3.8, 4) is 0 Å². The fourth-order valence-corrected chi connectivity index (χ4v) is 3.32. The van der Waals surface area contributed by atoms with Crippen molar-refractivity contribution in [2.24, 2.45) is 0 Å². The molecule has 0 aromatic heterocycles. The van der Waals surface area contributed by atoms with Gasteiger partial charge in [-0.3, -0.25) is 5.41 Å². The van der Waals surface area contributed by atoms with Gasteiger partial charge in [0, 0.05) is 6.61 Å². The van der Waals surface area contributed by atoms with Crippen LogP contribution in [0.4, 0.5) is 0 Å². The normalized spacial score (nSPS) is 13.1. The molecular weight excluding hydrogens is 397 g/mol. The molecule has 0 aliphatic rings. The average molecular weight is 433 g/mol. The average Bonchev–Trinajstić information content (AvgIpc) is 2.45. The van der Waals surface area contributed by atoms with Gasteiger partial charge in [0.1, 0.15) is 0 Å². The van der Waals surface area contributed by atoms with Crippen molar-refractivity contribution in [1.82, 2.24) is 0 Å². The summed E-state index contributed by atoms with van der Waals surface area (Å²) in [5, 5.41) is 7.71. The van der Waals surface area contributed by atoms with Crippen molar-refractivity contribution in [3.05, 3.63) is 0 Å². The predicted octanol–water partition coefficient (Wildman–Crippen LogP) is 7.49. The topological polar surface area (TPSA) is 42.3 Å². The maximum Gasteiger partial charge on any atom is 0.265 e. The Kier molecular flexibility index (Phi) is 12.3. The third-order valence-electron chi connectivity index (χ3n) is 4.81. The maximum atomic E-state index is 7.41. The SMILES string of the molecule is CC(C)(C)[Si](C)(C)OCCCCCCCCCCOC(=N)C(Cl)(Cl)Cl. The van der Waals surface area contributed by atoms with Crippen molar-refractivity contribution < 1.29 is 9.16 Å². The van der Waals surface area contributed by atoms with Crippen molar-refractivity contribution >= 4 is 49.0 Å². The molecule has 0 aromatic carbocycles. The minimum Gasteiger partial charge on any atom is -0.478 e. The predicted molar refractivity (Wildman–Crippen MR) is 114 cm³/mol. The van der Waals surface area contributed by atoms with Gasteiger partial charge in [-0.2, -0.15) is 0 Å². The minimum atomic E-state index is -1.74. The van der Waals surface area contributed by atoms with E-state index >= 15 is 0 Å². The van der Waals surface area contributed by atoms with Crippen LogP contribution in [0.25, 0.3) is 0 Å². The summed E-state index contributed by atoms with van der Waals surface area (Å²) >= 11 is 16.6. The van der Waals surface area contributed by atoms with Crippen LogP contribution in [0.1, 0.15) is 72.1 Å². The molecule has 0 saturated heterocycles. The molecule has 0 radical (unpaired) electrons. The van der Waals surface area contributed by atoms with Gasteiger partial charge < -0.3 is 9.16 Å². The molecule has 0 heterocycles. The first kappa shape index (κ1) is 25.5. The Balaban J connectivity index is 3.42. The van der Waals surface area contributed by atoms with Crippen LogP contribution in [-0.2, 0) is 9.16 Å². The Hall–Kier alpha value is 0.517. The summed E-state index contributed by atoms with van der Waals surface area (Å²) in [5.41, 5.74) is 0. The molecule has 0 bridgehead atoms. The maximum absolute atomic E-state index is 7.41. The summed E-state index contributed by atoms with van der Waals surface area (Å²) in [6.45, 7) is 12.8. The second kappa shape index (κ2) is 12.1. The van der Waals surface area contributed by atoms with E-state index in [0.29, 0.717) is 11.6 Å². The first-order chi connectivity index (χ1) is 11.4. The number of hydrogen-bond acceptors (Lipinski definition) is 3. The molecule has 0 rings (SSSR count). The van der Waals surface area contributed by atoms with E-state index in [1.54, 1.807) is 0 Å². The highest BCUT2D eigenvalue weighted by Gasteiger charge is 2.36. The second-order valence-corrected chi connectivity index (χ2v) is 15.2. The molecule has 1 N–H and O–H groups in total. The van der Waals surface area contributed by atoms with E-state index in [1.165, 1.54) is 38.5 Å². The van der Waals surface area contributed by atoms with E-state index in [9.17, 15) is 0 Å². The van der Waals surface area contributed by atoms with E-state index in [1.807, 2.05) is 0 Å². The zero-order chi connectivity index (χ0) is 19.6. The highest BCUT2D eigenvalue weighted by Crippen LogP contribution is 2.36. The van der Waals surface area contributed by atoms with E-state index in [-0.39, 0.29) is 5.90 Å². The third kappa shape index (κ3) is 12.5. The van der Waals surface area contributed by atoms with Crippen LogP contribution in [0.15, 0.2) is 0 Å². The minimum absolute atomic E-state index is 0.294. The monoisotopic (exact) mass is 431 g/mol. The molecule has 25 heavy (non-hydrogen) atoms. The zero-order valence-corrected chi connectivity index (χ0v) is 19.8. The lowest BCUT2D eigenvalue weighted by Crippen LogP contribution is -2.40. The van der Waals surface area contributed by atoms with Crippen LogP contribution >= 0.6 is 34.8 Å². The number of ether oxygens (including phenoxy) is 1. The summed E-state index contributed by atoms with van der Waals surface area (Å²) < 4.78 is 9.55. The van der Waals surface area contributed by atoms with E-state index in [2.05, 4.69) is 33.9 Å². The van der Waals surface area contributed by atoms with E-state index in [4.69, 9.17) is 49.4 Å². The fraction of sp³-hybridized carbons (Fsp3) is 0.944. The summed E-state index contributed by atoms with van der Waals surface area (Å²) in [6.07, 6.45) is 9.36. The van der Waals surface area contributed by atoms with Crippen LogP contribution in [0, 0.1) is 5.41 Å². The summed E-state index contributed by atoms with van der Waals surface area (Å²) in [6, 6.07) is 0. The first-order valence-corrected chi connectivity index (χ1v) is 13.3. The van der Waals surface area contributed by atoms with Crippen molar-refractivity contribution in [2.75, 3.05) is 13.2 Å². The van der Waals surface area contributed by atoms with Gasteiger partial charge in [-0.15, -0.1) is 0 Å². The standard InChI is InChI=1S/C18H36Cl3NO2Si/c1-17(2,3)25(4,5)24-15-13-11-9-7-6-8-10-12-14-23-16(22)18(19,20)21/h22H,6-15H2,1-5H3. The van der Waals surface area contributed by atoms with Crippen LogP contribution in [-0.4, -0.2) is 31.2 Å². The van der Waals surface area contributed by atoms with Gasteiger partial charge in [-0.25, -0.2) is 0 Å². The lowest BCUT2D eigenvalue weighted by molar-refractivity contribution is 0.276. The molecule has 0 aromatic rings. The van der Waals surface area contributed by atoms with Gasteiger partial charge in [-0.05, 0) is 31.0 Å². The molecule has 3 nitrogen and oxygen atoms in total. The largest absolute Gasteiger partial charge is 0.478 e. The Morgan fingerprint density at radius 3 is 1.60 bits per heavy atom. The molecule has 0 atom stereocenters. The van der Waals surface area contributed by atoms with Crippen molar-refractivity contribution in [1.29, 1.82) is 5.41 Å². The number of rotatable bonds is 12. The Bertz CT molecular complexity index is 379. The molecule has 0 amide bonds. The molecule has 0 fully saturated rings. The second-order valence-electron chi connectivity index (χ2n) is 8.11. The Labute approximate surface area is 170 Å². The van der Waals surface area contributed by atoms with Crippen molar-refractivity contribution in [3.63, 3.8) is 0 Å². The number of halogens is 3. The van der Waals surface area contributed by atoms with Crippen LogP contribution in [0.2, 0.25) is 18.1 Å². The molecule has 0 aliphatic heterocycles. The molecule has 0 spiro atoms. The Morgan fingerprint density at radius 1 is 0.800 bits per heavy atom. The fourth-order valence-electron chi connectivity index (χ4n) is 2.06. The number of nitrogens with one attached hydrogen (secondary N) is 1. The summed E-state index contributed by atoms with van der Waals surface area (Å²) in [5.74, 6) is -0.294. The summed E-state index contributed by atoms with van der Waals surface area (Å²) in [7, 11) is -1.57. The van der Waals surface area contributed by atoms with Gasteiger partial charge in [0.25, 0.3) is 3.79 Å². The molecule has 7 heteroatoms. The first-order valence-electron chi connectivity index (χ1n) is 9.30.